The van der Waals surface area contributed by atoms with E-state index < -0.39 is 6.10 Å². The molecular formula is C16H25NO3. The molecule has 1 aromatic carbocycles. The summed E-state index contributed by atoms with van der Waals surface area (Å²) in [7, 11) is 0. The predicted octanol–water partition coefficient (Wildman–Crippen LogP) is 2.73. The number of benzene rings is 1. The monoisotopic (exact) mass is 279 g/mol. The third-order valence-electron chi connectivity index (χ3n) is 3.34. The number of amides is 1. The third kappa shape index (κ3) is 4.85. The molecule has 1 aromatic rings. The Labute approximate surface area is 121 Å². The van der Waals surface area contributed by atoms with Crippen molar-refractivity contribution in [2.24, 2.45) is 0 Å². The Kier molecular flexibility index (Phi) is 5.57. The molecule has 0 heterocycles. The summed E-state index contributed by atoms with van der Waals surface area (Å²) in [5.74, 6) is 0.402. The molecule has 1 unspecified atom stereocenters. The molecule has 0 aromatic heterocycles. The fourth-order valence-electron chi connectivity index (χ4n) is 1.76. The highest BCUT2D eigenvalue weighted by molar-refractivity contribution is 5.78. The number of nitrogens with one attached hydrogen (secondary N) is 1. The molecule has 0 radical (unpaired) electrons. The Morgan fingerprint density at radius 3 is 2.65 bits per heavy atom. The zero-order valence-corrected chi connectivity index (χ0v) is 13.0. The normalized spacial score (nSPS) is 12.9. The molecule has 0 saturated carbocycles. The molecule has 0 saturated heterocycles. The first kappa shape index (κ1) is 16.5. The van der Waals surface area contributed by atoms with E-state index in [0.717, 1.165) is 12.0 Å². The number of aryl methyl sites for hydroxylation is 1. The van der Waals surface area contributed by atoms with E-state index in [4.69, 9.17) is 4.74 Å². The van der Waals surface area contributed by atoms with Gasteiger partial charge in [0.05, 0.1) is 6.10 Å². The number of hydrogen-bond acceptors (Lipinski definition) is 3. The number of aliphatic hydroxyl groups excluding tert-OH is 1. The highest BCUT2D eigenvalue weighted by Crippen LogP contribution is 2.26. The van der Waals surface area contributed by atoms with Crippen molar-refractivity contribution in [2.75, 3.05) is 6.61 Å². The van der Waals surface area contributed by atoms with Gasteiger partial charge in [0.25, 0.3) is 5.91 Å². The van der Waals surface area contributed by atoms with Crippen molar-refractivity contribution in [3.05, 3.63) is 29.3 Å². The molecule has 2 N–H and O–H groups in total. The molecule has 1 amide bonds. The first-order chi connectivity index (χ1) is 9.25. The topological polar surface area (TPSA) is 58.6 Å². The van der Waals surface area contributed by atoms with Gasteiger partial charge < -0.3 is 15.2 Å². The van der Waals surface area contributed by atoms with Crippen molar-refractivity contribution >= 4 is 5.91 Å². The van der Waals surface area contributed by atoms with Crippen LogP contribution in [0.3, 0.4) is 0 Å². The number of rotatable bonds is 6. The Morgan fingerprint density at radius 1 is 1.45 bits per heavy atom. The van der Waals surface area contributed by atoms with Crippen molar-refractivity contribution in [1.29, 1.82) is 0 Å². The van der Waals surface area contributed by atoms with Crippen LogP contribution in [-0.2, 0) is 4.79 Å². The number of ether oxygens (including phenoxy) is 1. The quantitative estimate of drug-likeness (QED) is 0.841. The van der Waals surface area contributed by atoms with Crippen LogP contribution in [0.5, 0.6) is 5.75 Å². The van der Waals surface area contributed by atoms with Gasteiger partial charge in [0.1, 0.15) is 5.75 Å². The zero-order valence-electron chi connectivity index (χ0n) is 13.0. The van der Waals surface area contributed by atoms with E-state index >= 15 is 0 Å². The molecule has 0 bridgehead atoms. The van der Waals surface area contributed by atoms with Crippen molar-refractivity contribution in [2.45, 2.75) is 52.7 Å². The zero-order chi connectivity index (χ0) is 15.3. The minimum atomic E-state index is -0.624. The lowest BCUT2D eigenvalue weighted by molar-refractivity contribution is -0.124. The van der Waals surface area contributed by atoms with Gasteiger partial charge in [0.2, 0.25) is 0 Å². The second-order valence-corrected chi connectivity index (χ2v) is 5.79. The predicted molar refractivity (Wildman–Crippen MR) is 79.8 cm³/mol. The number of aliphatic hydroxyl groups is 1. The Morgan fingerprint density at radius 2 is 2.10 bits per heavy atom. The van der Waals surface area contributed by atoms with Gasteiger partial charge >= 0.3 is 0 Å². The van der Waals surface area contributed by atoms with Gasteiger partial charge in [-0.25, -0.2) is 0 Å². The van der Waals surface area contributed by atoms with E-state index in [1.54, 1.807) is 6.92 Å². The molecule has 0 fully saturated rings. The van der Waals surface area contributed by atoms with Crippen molar-refractivity contribution in [3.63, 3.8) is 0 Å². The number of carbonyl (C=O) groups excluding carboxylic acids is 1. The second kappa shape index (κ2) is 6.75. The largest absolute Gasteiger partial charge is 0.483 e. The standard InChI is InChI=1S/C16H25NO3/c1-6-16(4,5)17-15(19)10-20-14-9-11(2)7-8-13(14)12(3)18/h7-9,12,18H,6,10H2,1-5H3,(H,17,19). The highest BCUT2D eigenvalue weighted by Gasteiger charge is 2.18. The molecule has 0 aliphatic carbocycles. The molecule has 0 aliphatic heterocycles. The summed E-state index contributed by atoms with van der Waals surface area (Å²) in [6.07, 6.45) is 0.225. The Balaban J connectivity index is 2.70. The minimum absolute atomic E-state index is 0.0490. The van der Waals surface area contributed by atoms with E-state index in [1.807, 2.05) is 45.9 Å². The van der Waals surface area contributed by atoms with Crippen molar-refractivity contribution in [1.82, 2.24) is 5.32 Å². The van der Waals surface area contributed by atoms with Crippen LogP contribution in [0.25, 0.3) is 0 Å². The van der Waals surface area contributed by atoms with Gasteiger partial charge in [0, 0.05) is 11.1 Å². The van der Waals surface area contributed by atoms with E-state index in [0.29, 0.717) is 11.3 Å². The average molecular weight is 279 g/mol. The van der Waals surface area contributed by atoms with E-state index in [1.165, 1.54) is 0 Å². The lowest BCUT2D eigenvalue weighted by Gasteiger charge is -2.24. The molecule has 112 valence electrons. The maximum Gasteiger partial charge on any atom is 0.258 e. The molecule has 4 heteroatoms. The molecule has 4 nitrogen and oxygen atoms in total. The maximum absolute atomic E-state index is 11.9. The molecule has 20 heavy (non-hydrogen) atoms. The first-order valence-electron chi connectivity index (χ1n) is 6.97. The maximum atomic E-state index is 11.9. The van der Waals surface area contributed by atoms with Gasteiger partial charge in [-0.1, -0.05) is 19.1 Å². The first-order valence-corrected chi connectivity index (χ1v) is 6.97. The number of carbonyl (C=O) groups is 1. The van der Waals surface area contributed by atoms with Gasteiger partial charge in [-0.05, 0) is 45.7 Å². The summed E-state index contributed by atoms with van der Waals surface area (Å²) in [6.45, 7) is 9.54. The highest BCUT2D eigenvalue weighted by atomic mass is 16.5. The van der Waals surface area contributed by atoms with Crippen LogP contribution in [0.4, 0.5) is 0 Å². The van der Waals surface area contributed by atoms with Crippen LogP contribution in [0.15, 0.2) is 18.2 Å². The van der Waals surface area contributed by atoms with E-state index in [-0.39, 0.29) is 18.1 Å². The van der Waals surface area contributed by atoms with Crippen LogP contribution in [0.1, 0.15) is 51.3 Å². The van der Waals surface area contributed by atoms with Crippen LogP contribution >= 0.6 is 0 Å². The van der Waals surface area contributed by atoms with Crippen molar-refractivity contribution in [3.8, 4) is 5.75 Å². The summed E-state index contributed by atoms with van der Waals surface area (Å²) in [6, 6.07) is 5.57. The minimum Gasteiger partial charge on any atom is -0.483 e. The van der Waals surface area contributed by atoms with Crippen molar-refractivity contribution < 1.29 is 14.6 Å². The third-order valence-corrected chi connectivity index (χ3v) is 3.34. The Hall–Kier alpha value is -1.55. The van der Waals surface area contributed by atoms with Gasteiger partial charge in [-0.15, -0.1) is 0 Å². The van der Waals surface area contributed by atoms with Crippen LogP contribution < -0.4 is 10.1 Å². The Bertz CT molecular complexity index is 467. The van der Waals surface area contributed by atoms with Crippen LogP contribution in [0, 0.1) is 6.92 Å². The van der Waals surface area contributed by atoms with Gasteiger partial charge in [0.15, 0.2) is 6.61 Å². The molecule has 1 rings (SSSR count). The van der Waals surface area contributed by atoms with Gasteiger partial charge in [-0.2, -0.15) is 0 Å². The summed E-state index contributed by atoms with van der Waals surface area (Å²) in [5, 5.41) is 12.6. The fourth-order valence-corrected chi connectivity index (χ4v) is 1.76. The van der Waals surface area contributed by atoms with Gasteiger partial charge in [-0.3, -0.25) is 4.79 Å². The lowest BCUT2D eigenvalue weighted by Crippen LogP contribution is -2.44. The molecular weight excluding hydrogens is 254 g/mol. The smallest absolute Gasteiger partial charge is 0.258 e. The summed E-state index contributed by atoms with van der Waals surface area (Å²) >= 11 is 0. The second-order valence-electron chi connectivity index (χ2n) is 5.79. The average Bonchev–Trinajstić information content (AvgIpc) is 2.35. The molecule has 0 spiro atoms. The summed E-state index contributed by atoms with van der Waals surface area (Å²) < 4.78 is 5.56. The van der Waals surface area contributed by atoms with E-state index in [2.05, 4.69) is 5.32 Å². The summed E-state index contributed by atoms with van der Waals surface area (Å²) in [5.41, 5.74) is 1.48. The van der Waals surface area contributed by atoms with Crippen LogP contribution in [-0.4, -0.2) is 23.2 Å². The summed E-state index contributed by atoms with van der Waals surface area (Å²) in [4.78, 5) is 11.9. The van der Waals surface area contributed by atoms with Crippen LogP contribution in [0.2, 0.25) is 0 Å². The SMILES string of the molecule is CCC(C)(C)NC(=O)COc1cc(C)ccc1C(C)O. The lowest BCUT2D eigenvalue weighted by atomic mass is 10.0. The molecule has 1 atom stereocenters. The number of hydrogen-bond donors (Lipinski definition) is 2. The van der Waals surface area contributed by atoms with E-state index in [9.17, 15) is 9.90 Å². The fraction of sp³-hybridized carbons (Fsp3) is 0.562. The molecule has 0 aliphatic rings.